The van der Waals surface area contributed by atoms with Crippen LogP contribution >= 0.6 is 7.82 Å². The summed E-state index contributed by atoms with van der Waals surface area (Å²) >= 11 is 0. The van der Waals surface area contributed by atoms with E-state index in [-0.39, 0.29) is 6.61 Å². The van der Waals surface area contributed by atoms with Gasteiger partial charge in [-0.1, -0.05) is 96.1 Å². The predicted molar refractivity (Wildman–Crippen MR) is 111 cm³/mol. The predicted octanol–water partition coefficient (Wildman–Crippen LogP) is 7.30. The monoisotopic (exact) mass is 390 g/mol. The van der Waals surface area contributed by atoms with Gasteiger partial charge in [0.25, 0.3) is 0 Å². The normalized spacial score (nSPS) is 12.3. The summed E-state index contributed by atoms with van der Waals surface area (Å²) in [6.07, 6.45) is 26.1. The Kier molecular flexibility index (Phi) is 19.5. The second-order valence-corrected chi connectivity index (χ2v) is 8.56. The fraction of sp³-hybridized carbons (Fsp3) is 0.905. The van der Waals surface area contributed by atoms with E-state index in [0.717, 1.165) is 19.3 Å². The highest BCUT2D eigenvalue weighted by molar-refractivity contribution is 7.46. The smallest absolute Gasteiger partial charge is 0.303 e. The van der Waals surface area contributed by atoms with Crippen LogP contribution in [0.5, 0.6) is 0 Å². The molecule has 0 aliphatic rings. The Balaban J connectivity index is 3.11. The zero-order valence-corrected chi connectivity index (χ0v) is 17.9. The van der Waals surface area contributed by atoms with E-state index in [1.807, 2.05) is 0 Å². The third-order valence-electron chi connectivity index (χ3n) is 4.67. The number of hydrogen-bond donors (Lipinski definition) is 2. The molecule has 0 aliphatic heterocycles. The SMILES string of the molecule is CCCCCCCC/C=C\CCCCCCCCCCCOP(=O)(O)O. The molecule has 0 aliphatic carbocycles. The minimum absolute atomic E-state index is 0.163. The van der Waals surface area contributed by atoms with Gasteiger partial charge in [-0.3, -0.25) is 4.52 Å². The first kappa shape index (κ1) is 25.9. The molecule has 0 aromatic carbocycles. The Labute approximate surface area is 162 Å². The lowest BCUT2D eigenvalue weighted by atomic mass is 10.1. The van der Waals surface area contributed by atoms with Crippen LogP contribution in [0.2, 0.25) is 0 Å². The third kappa shape index (κ3) is 23.9. The topological polar surface area (TPSA) is 66.8 Å². The van der Waals surface area contributed by atoms with E-state index in [1.165, 1.54) is 89.9 Å². The summed E-state index contributed by atoms with van der Waals surface area (Å²) in [4.78, 5) is 17.1. The molecule has 0 amide bonds. The minimum atomic E-state index is -4.26. The second kappa shape index (κ2) is 19.6. The van der Waals surface area contributed by atoms with Crippen LogP contribution in [-0.4, -0.2) is 16.4 Å². The van der Waals surface area contributed by atoms with Crippen molar-refractivity contribution in [2.45, 2.75) is 116 Å². The van der Waals surface area contributed by atoms with Crippen molar-refractivity contribution in [1.29, 1.82) is 0 Å². The molecule has 0 fully saturated rings. The van der Waals surface area contributed by atoms with Crippen molar-refractivity contribution in [2.24, 2.45) is 0 Å². The molecule has 5 heteroatoms. The van der Waals surface area contributed by atoms with Gasteiger partial charge in [0.1, 0.15) is 0 Å². The first-order valence-corrected chi connectivity index (χ1v) is 12.4. The largest absolute Gasteiger partial charge is 0.469 e. The van der Waals surface area contributed by atoms with Crippen molar-refractivity contribution in [3.05, 3.63) is 12.2 Å². The van der Waals surface area contributed by atoms with Crippen LogP contribution in [0.15, 0.2) is 12.2 Å². The first-order chi connectivity index (χ1) is 12.6. The van der Waals surface area contributed by atoms with Crippen molar-refractivity contribution in [2.75, 3.05) is 6.61 Å². The number of unbranched alkanes of at least 4 members (excludes halogenated alkanes) is 15. The van der Waals surface area contributed by atoms with Gasteiger partial charge in [0, 0.05) is 0 Å². The van der Waals surface area contributed by atoms with Gasteiger partial charge in [0.2, 0.25) is 0 Å². The summed E-state index contributed by atoms with van der Waals surface area (Å²) in [7, 11) is -4.26. The van der Waals surface area contributed by atoms with E-state index in [0.29, 0.717) is 0 Å². The van der Waals surface area contributed by atoms with Crippen molar-refractivity contribution < 1.29 is 18.9 Å². The molecule has 0 radical (unpaired) electrons. The highest BCUT2D eigenvalue weighted by Crippen LogP contribution is 2.35. The first-order valence-electron chi connectivity index (χ1n) is 10.9. The molecular formula is C21H43O4P. The molecule has 156 valence electrons. The number of phosphoric ester groups is 1. The Morgan fingerprint density at radius 2 is 1.04 bits per heavy atom. The Morgan fingerprint density at radius 3 is 1.46 bits per heavy atom. The van der Waals surface area contributed by atoms with Crippen LogP contribution in [0.25, 0.3) is 0 Å². The second-order valence-electron chi connectivity index (χ2n) is 7.32. The molecule has 0 unspecified atom stereocenters. The average molecular weight is 391 g/mol. The molecule has 0 atom stereocenters. The fourth-order valence-corrected chi connectivity index (χ4v) is 3.43. The molecule has 0 aromatic rings. The molecule has 2 N–H and O–H groups in total. The molecule has 26 heavy (non-hydrogen) atoms. The maximum atomic E-state index is 10.5. The summed E-state index contributed by atoms with van der Waals surface area (Å²) in [6.45, 7) is 2.43. The molecule has 0 heterocycles. The summed E-state index contributed by atoms with van der Waals surface area (Å²) in [5.41, 5.74) is 0. The molecule has 0 spiro atoms. The van der Waals surface area contributed by atoms with Crippen molar-refractivity contribution in [1.82, 2.24) is 0 Å². The van der Waals surface area contributed by atoms with Crippen LogP contribution in [0.1, 0.15) is 116 Å². The number of phosphoric acid groups is 1. The highest BCUT2D eigenvalue weighted by Gasteiger charge is 2.12. The number of rotatable bonds is 20. The van der Waals surface area contributed by atoms with Crippen LogP contribution in [0, 0.1) is 0 Å². The van der Waals surface area contributed by atoms with Gasteiger partial charge in [-0.15, -0.1) is 0 Å². The molecule has 0 saturated heterocycles. The summed E-state index contributed by atoms with van der Waals surface area (Å²) < 4.78 is 14.9. The molecule has 0 aromatic heterocycles. The Hall–Kier alpha value is -0.150. The maximum absolute atomic E-state index is 10.5. The van der Waals surface area contributed by atoms with E-state index < -0.39 is 7.82 Å². The van der Waals surface area contributed by atoms with Crippen molar-refractivity contribution in [3.63, 3.8) is 0 Å². The maximum Gasteiger partial charge on any atom is 0.469 e. The van der Waals surface area contributed by atoms with E-state index in [9.17, 15) is 4.57 Å². The van der Waals surface area contributed by atoms with Gasteiger partial charge in [0.05, 0.1) is 6.61 Å². The lowest BCUT2D eigenvalue weighted by molar-refractivity contribution is 0.193. The summed E-state index contributed by atoms with van der Waals surface area (Å²) in [5, 5.41) is 0. The average Bonchev–Trinajstić information content (AvgIpc) is 2.59. The summed E-state index contributed by atoms with van der Waals surface area (Å²) in [5.74, 6) is 0. The van der Waals surface area contributed by atoms with Crippen LogP contribution in [0.3, 0.4) is 0 Å². The standard InChI is InChI=1S/C21H43O4P/c1-2-3-4-5-6-7-8-9-10-11-12-13-14-15-16-17-18-19-20-21-25-26(22,23)24/h9-10H,2-8,11-21H2,1H3,(H2,22,23,24)/b10-9-. The van der Waals surface area contributed by atoms with Crippen LogP contribution in [-0.2, 0) is 9.09 Å². The van der Waals surface area contributed by atoms with Gasteiger partial charge in [-0.2, -0.15) is 0 Å². The van der Waals surface area contributed by atoms with Gasteiger partial charge in [-0.05, 0) is 32.1 Å². The lowest BCUT2D eigenvalue weighted by Crippen LogP contribution is -1.92. The van der Waals surface area contributed by atoms with Gasteiger partial charge < -0.3 is 9.79 Å². The van der Waals surface area contributed by atoms with E-state index in [2.05, 4.69) is 23.6 Å². The van der Waals surface area contributed by atoms with Crippen molar-refractivity contribution >= 4 is 7.82 Å². The Bertz CT molecular complexity index is 352. The molecule has 0 saturated carbocycles. The minimum Gasteiger partial charge on any atom is -0.303 e. The van der Waals surface area contributed by atoms with Gasteiger partial charge >= 0.3 is 7.82 Å². The molecule has 0 rings (SSSR count). The lowest BCUT2D eigenvalue weighted by Gasteiger charge is -2.05. The van der Waals surface area contributed by atoms with E-state index in [1.54, 1.807) is 0 Å². The van der Waals surface area contributed by atoms with Gasteiger partial charge in [-0.25, -0.2) is 4.57 Å². The quantitative estimate of drug-likeness (QED) is 0.130. The number of hydrogen-bond acceptors (Lipinski definition) is 2. The zero-order chi connectivity index (χ0) is 19.3. The summed E-state index contributed by atoms with van der Waals surface area (Å²) in [6, 6.07) is 0. The molecule has 0 bridgehead atoms. The van der Waals surface area contributed by atoms with Crippen LogP contribution in [0.4, 0.5) is 0 Å². The van der Waals surface area contributed by atoms with E-state index >= 15 is 0 Å². The third-order valence-corrected chi connectivity index (χ3v) is 5.18. The zero-order valence-electron chi connectivity index (χ0n) is 17.0. The Morgan fingerprint density at radius 1 is 0.654 bits per heavy atom. The fourth-order valence-electron chi connectivity index (χ4n) is 3.06. The van der Waals surface area contributed by atoms with E-state index in [4.69, 9.17) is 9.79 Å². The molecular weight excluding hydrogens is 347 g/mol. The van der Waals surface area contributed by atoms with Gasteiger partial charge in [0.15, 0.2) is 0 Å². The highest BCUT2D eigenvalue weighted by atomic mass is 31.2. The molecule has 4 nitrogen and oxygen atoms in total. The van der Waals surface area contributed by atoms with Crippen molar-refractivity contribution in [3.8, 4) is 0 Å². The van der Waals surface area contributed by atoms with Crippen LogP contribution < -0.4 is 0 Å². The number of allylic oxidation sites excluding steroid dienone is 2.